The molecule has 0 fully saturated rings. The van der Waals surface area contributed by atoms with Crippen molar-refractivity contribution < 1.29 is 4.79 Å². The third kappa shape index (κ3) is 3.43. The van der Waals surface area contributed by atoms with Crippen molar-refractivity contribution in [2.45, 2.75) is 0 Å². The Kier molecular flexibility index (Phi) is 4.12. The van der Waals surface area contributed by atoms with E-state index in [2.05, 4.69) is 15.3 Å². The summed E-state index contributed by atoms with van der Waals surface area (Å²) in [4.78, 5) is 21.0. The molecular weight excluding hydrogens is 226 g/mol. The van der Waals surface area contributed by atoms with Gasteiger partial charge in [0.25, 0.3) is 0 Å². The highest BCUT2D eigenvalue weighted by Crippen LogP contribution is 2.00. The number of nitrogens with one attached hydrogen (secondary N) is 1. The molecule has 0 saturated heterocycles. The largest absolute Gasteiger partial charge is 0.388 e. The Morgan fingerprint density at radius 3 is 2.62 bits per heavy atom. The van der Waals surface area contributed by atoms with Gasteiger partial charge in [-0.25, -0.2) is 9.97 Å². The van der Waals surface area contributed by atoms with E-state index in [1.54, 1.807) is 14.1 Å². The van der Waals surface area contributed by atoms with Crippen LogP contribution in [0.1, 0.15) is 5.69 Å². The first kappa shape index (κ1) is 12.3. The monoisotopic (exact) mass is 239 g/mol. The van der Waals surface area contributed by atoms with Gasteiger partial charge in [-0.05, 0) is 0 Å². The molecular formula is C9H13N5OS. The molecule has 1 rings (SSSR count). The average molecular weight is 239 g/mol. The Bertz CT molecular complexity index is 389. The number of likely N-dealkylation sites (N-methyl/N-ethyl adjacent to an activating group) is 1. The van der Waals surface area contributed by atoms with Crippen LogP contribution in [0.5, 0.6) is 0 Å². The van der Waals surface area contributed by atoms with Crippen molar-refractivity contribution in [1.82, 2.24) is 14.9 Å². The number of hydrogen-bond acceptors (Lipinski definition) is 5. The highest BCUT2D eigenvalue weighted by Gasteiger charge is 2.04. The molecule has 0 unspecified atom stereocenters. The molecule has 0 radical (unpaired) electrons. The maximum absolute atomic E-state index is 11.3. The zero-order valence-corrected chi connectivity index (χ0v) is 9.91. The number of anilines is 1. The molecule has 16 heavy (non-hydrogen) atoms. The molecule has 0 aliphatic rings. The first-order valence-corrected chi connectivity index (χ1v) is 4.97. The number of aromatic nitrogens is 2. The van der Waals surface area contributed by atoms with Crippen molar-refractivity contribution in [2.24, 2.45) is 5.73 Å². The quantitative estimate of drug-likeness (QED) is 0.696. The molecule has 86 valence electrons. The second-order valence-corrected chi connectivity index (χ2v) is 3.73. The van der Waals surface area contributed by atoms with E-state index in [1.165, 1.54) is 17.3 Å². The molecule has 1 aromatic heterocycles. The average Bonchev–Trinajstić information content (AvgIpc) is 2.26. The number of hydrogen-bond donors (Lipinski definition) is 2. The number of thiocarbonyl (C=S) groups is 1. The van der Waals surface area contributed by atoms with Gasteiger partial charge in [-0.15, -0.1) is 0 Å². The van der Waals surface area contributed by atoms with Gasteiger partial charge in [-0.3, -0.25) is 4.79 Å². The lowest BCUT2D eigenvalue weighted by Gasteiger charge is -2.10. The molecule has 1 amide bonds. The minimum atomic E-state index is -0.0415. The zero-order chi connectivity index (χ0) is 12.1. The third-order valence-electron chi connectivity index (χ3n) is 1.82. The van der Waals surface area contributed by atoms with E-state index in [9.17, 15) is 4.79 Å². The maximum Gasteiger partial charge on any atom is 0.241 e. The van der Waals surface area contributed by atoms with Gasteiger partial charge in [0.05, 0.1) is 18.9 Å². The first-order chi connectivity index (χ1) is 7.50. The molecule has 7 heteroatoms. The highest BCUT2D eigenvalue weighted by atomic mass is 32.1. The molecule has 3 N–H and O–H groups in total. The lowest BCUT2D eigenvalue weighted by atomic mass is 10.4. The van der Waals surface area contributed by atoms with Crippen LogP contribution in [0, 0.1) is 0 Å². The third-order valence-corrected chi connectivity index (χ3v) is 2.03. The summed E-state index contributed by atoms with van der Waals surface area (Å²) in [5.41, 5.74) is 5.83. The summed E-state index contributed by atoms with van der Waals surface area (Å²) in [5, 5.41) is 2.84. The summed E-state index contributed by atoms with van der Waals surface area (Å²) in [7, 11) is 3.37. The Morgan fingerprint density at radius 1 is 1.50 bits per heavy atom. The van der Waals surface area contributed by atoms with E-state index in [1.807, 2.05) is 0 Å². The smallest absolute Gasteiger partial charge is 0.241 e. The summed E-state index contributed by atoms with van der Waals surface area (Å²) < 4.78 is 0. The van der Waals surface area contributed by atoms with Gasteiger partial charge in [0.1, 0.15) is 16.5 Å². The van der Waals surface area contributed by atoms with E-state index < -0.39 is 0 Å². The summed E-state index contributed by atoms with van der Waals surface area (Å²) >= 11 is 4.74. The minimum Gasteiger partial charge on any atom is -0.388 e. The summed E-state index contributed by atoms with van der Waals surface area (Å²) in [6.45, 7) is 0.175. The van der Waals surface area contributed by atoms with Crippen LogP contribution < -0.4 is 11.1 Å². The highest BCUT2D eigenvalue weighted by molar-refractivity contribution is 7.80. The second kappa shape index (κ2) is 5.36. The van der Waals surface area contributed by atoms with E-state index in [0.29, 0.717) is 11.5 Å². The van der Waals surface area contributed by atoms with Crippen LogP contribution >= 0.6 is 12.2 Å². The van der Waals surface area contributed by atoms with E-state index >= 15 is 0 Å². The molecule has 0 aliphatic carbocycles. The lowest BCUT2D eigenvalue weighted by molar-refractivity contribution is -0.126. The predicted octanol–water partition coefficient (Wildman–Crippen LogP) is -0.389. The van der Waals surface area contributed by atoms with Crippen molar-refractivity contribution in [3.8, 4) is 0 Å². The molecule has 0 aromatic carbocycles. The Balaban J connectivity index is 2.56. The Labute approximate surface area is 98.9 Å². The van der Waals surface area contributed by atoms with Crippen molar-refractivity contribution in [1.29, 1.82) is 0 Å². The van der Waals surface area contributed by atoms with Gasteiger partial charge in [-0.2, -0.15) is 0 Å². The van der Waals surface area contributed by atoms with Gasteiger partial charge in [0, 0.05) is 14.1 Å². The normalized spacial score (nSPS) is 9.62. The van der Waals surface area contributed by atoms with Crippen LogP contribution in [0.25, 0.3) is 0 Å². The van der Waals surface area contributed by atoms with Crippen molar-refractivity contribution in [3.63, 3.8) is 0 Å². The van der Waals surface area contributed by atoms with Gasteiger partial charge < -0.3 is 16.0 Å². The Hall–Kier alpha value is -1.76. The van der Waals surface area contributed by atoms with E-state index in [-0.39, 0.29) is 17.4 Å². The van der Waals surface area contributed by atoms with Gasteiger partial charge >= 0.3 is 0 Å². The fraction of sp³-hybridized carbons (Fsp3) is 0.333. The van der Waals surface area contributed by atoms with E-state index in [0.717, 1.165) is 0 Å². The molecule has 0 atom stereocenters. The van der Waals surface area contributed by atoms with Crippen molar-refractivity contribution >= 4 is 28.9 Å². The standard InChI is InChI=1S/C9H13N5OS/c1-14(2)8(15)5-13-7-4-11-6(3-12-7)9(10)16/h3-4H,5H2,1-2H3,(H2,10,16)(H,12,13). The van der Waals surface area contributed by atoms with Crippen LogP contribution in [0.4, 0.5) is 5.82 Å². The maximum atomic E-state index is 11.3. The van der Waals surface area contributed by atoms with Gasteiger partial charge in [0.2, 0.25) is 5.91 Å². The van der Waals surface area contributed by atoms with Crippen LogP contribution in [-0.4, -0.2) is 46.4 Å². The Morgan fingerprint density at radius 2 is 2.19 bits per heavy atom. The molecule has 1 heterocycles. The SMILES string of the molecule is CN(C)C(=O)CNc1cnc(C(N)=S)cn1. The summed E-state index contributed by atoms with van der Waals surface area (Å²) in [6, 6.07) is 0. The van der Waals surface area contributed by atoms with Crippen LogP contribution in [-0.2, 0) is 4.79 Å². The number of carbonyl (C=O) groups is 1. The lowest BCUT2D eigenvalue weighted by Crippen LogP contribution is -2.28. The number of carbonyl (C=O) groups excluding carboxylic acids is 1. The number of nitrogens with zero attached hydrogens (tertiary/aromatic N) is 3. The molecule has 1 aromatic rings. The molecule has 0 saturated carbocycles. The number of amides is 1. The number of rotatable bonds is 4. The van der Waals surface area contributed by atoms with E-state index in [4.69, 9.17) is 18.0 Å². The molecule has 0 aliphatic heterocycles. The van der Waals surface area contributed by atoms with Crippen molar-refractivity contribution in [2.75, 3.05) is 26.0 Å². The van der Waals surface area contributed by atoms with Crippen LogP contribution in [0.3, 0.4) is 0 Å². The zero-order valence-electron chi connectivity index (χ0n) is 9.10. The molecule has 0 bridgehead atoms. The van der Waals surface area contributed by atoms with Crippen LogP contribution in [0.2, 0.25) is 0 Å². The van der Waals surface area contributed by atoms with Gasteiger partial charge in [-0.1, -0.05) is 12.2 Å². The fourth-order valence-electron chi connectivity index (χ4n) is 0.871. The van der Waals surface area contributed by atoms with Gasteiger partial charge in [0.15, 0.2) is 0 Å². The molecule has 6 nitrogen and oxygen atoms in total. The number of nitrogens with two attached hydrogens (primary N) is 1. The first-order valence-electron chi connectivity index (χ1n) is 4.56. The topological polar surface area (TPSA) is 84.1 Å². The summed E-state index contributed by atoms with van der Waals surface area (Å²) in [6.07, 6.45) is 2.95. The van der Waals surface area contributed by atoms with Crippen molar-refractivity contribution in [3.05, 3.63) is 18.1 Å². The fourth-order valence-corrected chi connectivity index (χ4v) is 0.976. The predicted molar refractivity (Wildman–Crippen MR) is 65.1 cm³/mol. The summed E-state index contributed by atoms with van der Waals surface area (Å²) in [5.74, 6) is 0.468. The molecule has 0 spiro atoms. The second-order valence-electron chi connectivity index (χ2n) is 3.29. The van der Waals surface area contributed by atoms with Crippen LogP contribution in [0.15, 0.2) is 12.4 Å². The minimum absolute atomic E-state index is 0.0415.